The van der Waals surface area contributed by atoms with Crippen LogP contribution in [0.15, 0.2) is 42.5 Å². The zero-order chi connectivity index (χ0) is 18.8. The molecule has 0 aromatic heterocycles. The maximum Gasteiger partial charge on any atom is 0.339 e. The number of ether oxygens (including phenoxy) is 1. The molecule has 0 amide bonds. The van der Waals surface area contributed by atoms with E-state index in [9.17, 15) is 25.0 Å². The minimum Gasteiger partial charge on any atom is -0.455 e. The number of rotatable bonds is 5. The van der Waals surface area contributed by atoms with Crippen LogP contribution in [-0.2, 0) is 4.74 Å². The molecule has 8 heteroatoms. The lowest BCUT2D eigenvalue weighted by atomic mass is 9.82. The van der Waals surface area contributed by atoms with Gasteiger partial charge in [0.1, 0.15) is 5.60 Å². The zero-order valence-electron chi connectivity index (χ0n) is 13.9. The number of carbonyl (C=O) groups excluding carboxylic acids is 1. The Balaban J connectivity index is 2.28. The van der Waals surface area contributed by atoms with E-state index in [4.69, 9.17) is 4.74 Å². The molecule has 2 rings (SSSR count). The van der Waals surface area contributed by atoms with Crippen LogP contribution < -0.4 is 0 Å². The molecule has 8 nitrogen and oxygen atoms in total. The van der Waals surface area contributed by atoms with Crippen LogP contribution in [0.25, 0.3) is 0 Å². The van der Waals surface area contributed by atoms with E-state index in [1.807, 2.05) is 12.2 Å². The molecule has 0 saturated carbocycles. The summed E-state index contributed by atoms with van der Waals surface area (Å²) in [5.74, 6) is -0.884. The molecule has 1 aromatic rings. The van der Waals surface area contributed by atoms with Crippen molar-refractivity contribution in [3.05, 3.63) is 68.3 Å². The van der Waals surface area contributed by atoms with Crippen molar-refractivity contribution in [2.75, 3.05) is 0 Å². The largest absolute Gasteiger partial charge is 0.455 e. The van der Waals surface area contributed by atoms with Crippen LogP contribution >= 0.6 is 0 Å². The third kappa shape index (κ3) is 4.28. The number of carbonyl (C=O) groups is 1. The molecule has 1 atom stereocenters. The van der Waals surface area contributed by atoms with E-state index >= 15 is 0 Å². The Morgan fingerprint density at radius 2 is 1.76 bits per heavy atom. The van der Waals surface area contributed by atoms with E-state index in [1.165, 1.54) is 0 Å². The Hall–Kier alpha value is -3.03. The number of hydrogen-bond acceptors (Lipinski definition) is 6. The summed E-state index contributed by atoms with van der Waals surface area (Å²) >= 11 is 0. The van der Waals surface area contributed by atoms with Crippen LogP contribution in [0.2, 0.25) is 0 Å². The van der Waals surface area contributed by atoms with Gasteiger partial charge in [-0.2, -0.15) is 0 Å². The van der Waals surface area contributed by atoms with Gasteiger partial charge in [0.15, 0.2) is 0 Å². The Labute approximate surface area is 144 Å². The first-order valence-corrected chi connectivity index (χ1v) is 7.63. The molecule has 0 unspecified atom stereocenters. The number of esters is 1. The minimum atomic E-state index is -0.867. The van der Waals surface area contributed by atoms with Crippen LogP contribution in [0.5, 0.6) is 0 Å². The van der Waals surface area contributed by atoms with Gasteiger partial charge in [-0.3, -0.25) is 20.2 Å². The second kappa shape index (κ2) is 6.84. The van der Waals surface area contributed by atoms with E-state index in [-0.39, 0.29) is 11.5 Å². The number of nitro benzene ring substituents is 2. The summed E-state index contributed by atoms with van der Waals surface area (Å²) in [6, 6.07) is 2.76. The highest BCUT2D eigenvalue weighted by molar-refractivity contribution is 5.91. The molecule has 0 aliphatic heterocycles. The zero-order valence-corrected chi connectivity index (χ0v) is 13.9. The molecular weight excluding hydrogens is 328 g/mol. The van der Waals surface area contributed by atoms with E-state index < -0.39 is 32.8 Å². The second-order valence-corrected chi connectivity index (χ2v) is 6.41. The maximum atomic E-state index is 12.4. The fourth-order valence-corrected chi connectivity index (χ4v) is 2.65. The van der Waals surface area contributed by atoms with Gasteiger partial charge in [0.2, 0.25) is 0 Å². The third-order valence-corrected chi connectivity index (χ3v) is 4.15. The number of non-ortho nitro benzene ring substituents is 2. The molecular formula is C17H18N2O6. The van der Waals surface area contributed by atoms with Crippen molar-refractivity contribution in [1.82, 2.24) is 0 Å². The third-order valence-electron chi connectivity index (χ3n) is 4.15. The van der Waals surface area contributed by atoms with Crippen LogP contribution in [0.4, 0.5) is 11.4 Å². The van der Waals surface area contributed by atoms with Crippen molar-refractivity contribution in [3.63, 3.8) is 0 Å². The van der Waals surface area contributed by atoms with Gasteiger partial charge in [0.25, 0.3) is 11.4 Å². The number of benzene rings is 1. The van der Waals surface area contributed by atoms with Crippen LogP contribution in [0, 0.1) is 26.1 Å². The summed E-state index contributed by atoms with van der Waals surface area (Å²) < 4.78 is 5.50. The maximum absolute atomic E-state index is 12.4. The van der Waals surface area contributed by atoms with Crippen molar-refractivity contribution < 1.29 is 19.4 Å². The van der Waals surface area contributed by atoms with Gasteiger partial charge >= 0.3 is 5.97 Å². The van der Waals surface area contributed by atoms with Crippen LogP contribution in [-0.4, -0.2) is 21.4 Å². The Morgan fingerprint density at radius 1 is 1.20 bits per heavy atom. The van der Waals surface area contributed by atoms with Crippen molar-refractivity contribution >= 4 is 17.3 Å². The fraction of sp³-hybridized carbons (Fsp3) is 0.353. The molecule has 0 spiro atoms. The molecule has 25 heavy (non-hydrogen) atoms. The molecule has 0 radical (unpaired) electrons. The van der Waals surface area contributed by atoms with Crippen LogP contribution in [0.1, 0.15) is 37.0 Å². The van der Waals surface area contributed by atoms with Gasteiger partial charge in [-0.05, 0) is 26.7 Å². The number of hydrogen-bond donors (Lipinski definition) is 0. The van der Waals surface area contributed by atoms with E-state index in [0.29, 0.717) is 0 Å². The molecule has 132 valence electrons. The van der Waals surface area contributed by atoms with Crippen molar-refractivity contribution in [3.8, 4) is 0 Å². The number of allylic oxidation sites excluding steroid dienone is 2. The Bertz CT molecular complexity index is 749. The highest BCUT2D eigenvalue weighted by atomic mass is 16.6. The molecule has 0 heterocycles. The molecule has 1 aliphatic carbocycles. The van der Waals surface area contributed by atoms with Gasteiger partial charge in [0, 0.05) is 18.1 Å². The summed E-state index contributed by atoms with van der Waals surface area (Å²) in [6.45, 7) is 7.34. The topological polar surface area (TPSA) is 113 Å². The first kappa shape index (κ1) is 18.3. The summed E-state index contributed by atoms with van der Waals surface area (Å²) in [7, 11) is 0. The lowest BCUT2D eigenvalue weighted by Gasteiger charge is -2.34. The van der Waals surface area contributed by atoms with Gasteiger partial charge < -0.3 is 4.74 Å². The summed E-state index contributed by atoms with van der Waals surface area (Å²) in [6.07, 6.45) is 5.33. The standard InChI is InChI=1S/C17H18N2O6/c1-11-4-6-13(7-5-11)17(2,3)25-16(20)12-8-14(18(21)22)10-15(9-12)19(23)24/h4,6,8-10,13H,1,5,7H2,2-3H3/t13-/m0/s1. The number of nitrogens with zero attached hydrogens (tertiary/aromatic N) is 2. The predicted octanol–water partition coefficient (Wildman–Crippen LogP) is 3.96. The van der Waals surface area contributed by atoms with Gasteiger partial charge in [-0.1, -0.05) is 24.3 Å². The van der Waals surface area contributed by atoms with Gasteiger partial charge in [0.05, 0.1) is 21.5 Å². The van der Waals surface area contributed by atoms with Gasteiger partial charge in [-0.25, -0.2) is 4.79 Å². The first-order chi connectivity index (χ1) is 11.6. The molecule has 0 saturated heterocycles. The van der Waals surface area contributed by atoms with Crippen molar-refractivity contribution in [2.45, 2.75) is 32.3 Å². The van der Waals surface area contributed by atoms with Crippen molar-refractivity contribution in [1.29, 1.82) is 0 Å². The smallest absolute Gasteiger partial charge is 0.339 e. The van der Waals surface area contributed by atoms with E-state index in [1.54, 1.807) is 13.8 Å². The Kier molecular flexibility index (Phi) is 5.01. The first-order valence-electron chi connectivity index (χ1n) is 7.63. The summed E-state index contributed by atoms with van der Waals surface area (Å²) in [5.41, 5.74) is -1.17. The predicted molar refractivity (Wildman–Crippen MR) is 90.2 cm³/mol. The lowest BCUT2D eigenvalue weighted by Crippen LogP contribution is -2.36. The SMILES string of the molecule is C=C1C=C[C@H](C(C)(C)OC(=O)c2cc([N+](=O)[O-])cc([N+](=O)[O-])c2)CC1. The quantitative estimate of drug-likeness (QED) is 0.453. The average Bonchev–Trinajstić information content (AvgIpc) is 2.54. The molecule has 0 fully saturated rings. The van der Waals surface area contributed by atoms with Gasteiger partial charge in [-0.15, -0.1) is 0 Å². The molecule has 1 aliphatic rings. The van der Waals surface area contributed by atoms with E-state index in [0.717, 1.165) is 36.6 Å². The second-order valence-electron chi connectivity index (χ2n) is 6.41. The molecule has 0 N–H and O–H groups in total. The number of nitro groups is 2. The van der Waals surface area contributed by atoms with Crippen LogP contribution in [0.3, 0.4) is 0 Å². The van der Waals surface area contributed by atoms with Crippen molar-refractivity contribution in [2.24, 2.45) is 5.92 Å². The monoisotopic (exact) mass is 346 g/mol. The average molecular weight is 346 g/mol. The highest BCUT2D eigenvalue weighted by Gasteiger charge is 2.34. The van der Waals surface area contributed by atoms with E-state index in [2.05, 4.69) is 6.58 Å². The summed E-state index contributed by atoms with van der Waals surface area (Å²) in [5, 5.41) is 21.9. The summed E-state index contributed by atoms with van der Waals surface area (Å²) in [4.78, 5) is 32.7. The lowest BCUT2D eigenvalue weighted by molar-refractivity contribution is -0.394. The highest BCUT2D eigenvalue weighted by Crippen LogP contribution is 2.33. The molecule has 0 bridgehead atoms. The fourth-order valence-electron chi connectivity index (χ4n) is 2.65. The molecule has 1 aromatic carbocycles. The minimum absolute atomic E-state index is 0.0457. The Morgan fingerprint density at radius 3 is 2.20 bits per heavy atom. The normalized spacial score (nSPS) is 17.2.